The summed E-state index contributed by atoms with van der Waals surface area (Å²) in [5.74, 6) is -0.199. The molecule has 1 aromatic rings. The Bertz CT molecular complexity index is 368. The van der Waals surface area contributed by atoms with Crippen molar-refractivity contribution in [3.05, 3.63) is 5.82 Å². The maximum absolute atomic E-state index is 10.8. The van der Waals surface area contributed by atoms with Gasteiger partial charge in [-0.05, 0) is 16.8 Å². The summed E-state index contributed by atoms with van der Waals surface area (Å²) in [5, 5.41) is 20.2. The molecular formula is C10H19N5O3. The van der Waals surface area contributed by atoms with Crippen LogP contribution in [0.2, 0.25) is 0 Å². The summed E-state index contributed by atoms with van der Waals surface area (Å²) in [6.45, 7) is 4.12. The van der Waals surface area contributed by atoms with Gasteiger partial charge in [0.25, 0.3) is 0 Å². The van der Waals surface area contributed by atoms with E-state index in [2.05, 4.69) is 15.5 Å². The highest BCUT2D eigenvalue weighted by atomic mass is 16.5. The Morgan fingerprint density at radius 2 is 2.33 bits per heavy atom. The number of rotatable bonds is 9. The van der Waals surface area contributed by atoms with Crippen LogP contribution in [0, 0.1) is 0 Å². The van der Waals surface area contributed by atoms with Gasteiger partial charge in [0.05, 0.1) is 19.7 Å². The van der Waals surface area contributed by atoms with E-state index in [0.717, 1.165) is 13.0 Å². The number of aliphatic carboxylic acids is 1. The van der Waals surface area contributed by atoms with E-state index in [1.54, 1.807) is 16.7 Å². The number of hydrogen-bond donors (Lipinski definition) is 1. The number of aromatic nitrogens is 4. The van der Waals surface area contributed by atoms with Crippen molar-refractivity contribution in [2.24, 2.45) is 0 Å². The Labute approximate surface area is 106 Å². The number of tetrazole rings is 1. The summed E-state index contributed by atoms with van der Waals surface area (Å²) in [4.78, 5) is 12.5. The lowest BCUT2D eigenvalue weighted by Crippen LogP contribution is -2.33. The molecule has 102 valence electrons. The van der Waals surface area contributed by atoms with Gasteiger partial charge in [-0.3, -0.25) is 9.69 Å². The first kappa shape index (κ1) is 14.5. The van der Waals surface area contributed by atoms with Gasteiger partial charge in [-0.15, -0.1) is 5.10 Å². The van der Waals surface area contributed by atoms with Crippen molar-refractivity contribution in [3.8, 4) is 0 Å². The van der Waals surface area contributed by atoms with E-state index in [1.807, 2.05) is 6.92 Å². The van der Waals surface area contributed by atoms with Gasteiger partial charge < -0.3 is 9.84 Å². The number of nitrogens with zero attached hydrogens (tertiary/aromatic N) is 5. The van der Waals surface area contributed by atoms with Gasteiger partial charge in [-0.2, -0.15) is 0 Å². The molecule has 8 heteroatoms. The van der Waals surface area contributed by atoms with Crippen LogP contribution in [-0.2, 0) is 22.6 Å². The third-order valence-electron chi connectivity index (χ3n) is 2.38. The zero-order valence-electron chi connectivity index (χ0n) is 10.7. The van der Waals surface area contributed by atoms with Crippen LogP contribution in [0.4, 0.5) is 0 Å². The van der Waals surface area contributed by atoms with Gasteiger partial charge in [0.1, 0.15) is 0 Å². The summed E-state index contributed by atoms with van der Waals surface area (Å²) < 4.78 is 6.65. The molecule has 0 aliphatic carbocycles. The molecule has 0 aromatic carbocycles. The normalized spacial score (nSPS) is 11.1. The molecule has 0 aliphatic heterocycles. The number of carboxylic acids is 1. The molecule has 8 nitrogen and oxygen atoms in total. The largest absolute Gasteiger partial charge is 0.480 e. The van der Waals surface area contributed by atoms with Crippen LogP contribution in [0.15, 0.2) is 0 Å². The van der Waals surface area contributed by atoms with E-state index in [0.29, 0.717) is 25.5 Å². The topological polar surface area (TPSA) is 93.4 Å². The lowest BCUT2D eigenvalue weighted by Gasteiger charge is -2.18. The zero-order chi connectivity index (χ0) is 13.4. The van der Waals surface area contributed by atoms with Crippen LogP contribution in [-0.4, -0.2) is 63.0 Å². The fraction of sp³-hybridized carbons (Fsp3) is 0.800. The first-order valence-electron chi connectivity index (χ1n) is 5.85. The van der Waals surface area contributed by atoms with Gasteiger partial charge in [-0.1, -0.05) is 6.92 Å². The first-order chi connectivity index (χ1) is 8.67. The average Bonchev–Trinajstić information content (AvgIpc) is 2.73. The van der Waals surface area contributed by atoms with Crippen LogP contribution < -0.4 is 0 Å². The summed E-state index contributed by atoms with van der Waals surface area (Å²) in [6.07, 6.45) is 0.926. The fourth-order valence-corrected chi connectivity index (χ4v) is 1.55. The van der Waals surface area contributed by atoms with E-state index < -0.39 is 5.97 Å². The molecule has 0 saturated carbocycles. The highest BCUT2D eigenvalue weighted by Gasteiger charge is 2.14. The van der Waals surface area contributed by atoms with E-state index in [9.17, 15) is 4.79 Å². The fourth-order valence-electron chi connectivity index (χ4n) is 1.55. The molecule has 0 radical (unpaired) electrons. The van der Waals surface area contributed by atoms with Crippen LogP contribution in [0.3, 0.4) is 0 Å². The molecule has 18 heavy (non-hydrogen) atoms. The van der Waals surface area contributed by atoms with Crippen molar-refractivity contribution in [1.82, 2.24) is 25.1 Å². The van der Waals surface area contributed by atoms with Crippen LogP contribution in [0.5, 0.6) is 0 Å². The van der Waals surface area contributed by atoms with E-state index in [1.165, 1.54) is 0 Å². The molecule has 0 unspecified atom stereocenters. The second kappa shape index (κ2) is 7.72. The molecule has 0 atom stereocenters. The molecular weight excluding hydrogens is 238 g/mol. The monoisotopic (exact) mass is 257 g/mol. The molecule has 1 rings (SSSR count). The Balaban J connectivity index is 2.62. The van der Waals surface area contributed by atoms with Gasteiger partial charge in [0.2, 0.25) is 0 Å². The maximum Gasteiger partial charge on any atom is 0.317 e. The van der Waals surface area contributed by atoms with Crippen molar-refractivity contribution in [2.75, 3.05) is 26.8 Å². The minimum atomic E-state index is -0.874. The lowest BCUT2D eigenvalue weighted by molar-refractivity contribution is -0.138. The van der Waals surface area contributed by atoms with E-state index in [-0.39, 0.29) is 6.54 Å². The molecule has 1 N–H and O–H groups in total. The second-order valence-corrected chi connectivity index (χ2v) is 3.92. The Morgan fingerprint density at radius 3 is 2.94 bits per heavy atom. The zero-order valence-corrected chi connectivity index (χ0v) is 10.7. The Hall–Kier alpha value is -1.54. The summed E-state index contributed by atoms with van der Waals surface area (Å²) in [7, 11) is 1.58. The molecule has 0 aliphatic rings. The molecule has 0 amide bonds. The SMILES string of the molecule is CCCn1nnnc1CN(CCOC)CC(=O)O. The van der Waals surface area contributed by atoms with Crippen LogP contribution >= 0.6 is 0 Å². The number of methoxy groups -OCH3 is 1. The quantitative estimate of drug-likeness (QED) is 0.644. The molecule has 1 aromatic heterocycles. The molecule has 0 bridgehead atoms. The predicted octanol–water partition coefficient (Wildman–Crippen LogP) is -0.384. The van der Waals surface area contributed by atoms with Gasteiger partial charge in [-0.25, -0.2) is 4.68 Å². The number of hydrogen-bond acceptors (Lipinski definition) is 6. The second-order valence-electron chi connectivity index (χ2n) is 3.92. The van der Waals surface area contributed by atoms with Crippen LogP contribution in [0.1, 0.15) is 19.2 Å². The van der Waals surface area contributed by atoms with Crippen LogP contribution in [0.25, 0.3) is 0 Å². The van der Waals surface area contributed by atoms with Crippen molar-refractivity contribution in [1.29, 1.82) is 0 Å². The first-order valence-corrected chi connectivity index (χ1v) is 5.85. The van der Waals surface area contributed by atoms with Crippen molar-refractivity contribution < 1.29 is 14.6 Å². The third kappa shape index (κ3) is 4.76. The van der Waals surface area contributed by atoms with Gasteiger partial charge in [0, 0.05) is 20.2 Å². The number of aryl methyl sites for hydroxylation is 1. The van der Waals surface area contributed by atoms with Gasteiger partial charge in [0.15, 0.2) is 5.82 Å². The summed E-state index contributed by atoms with van der Waals surface area (Å²) >= 11 is 0. The van der Waals surface area contributed by atoms with Crippen molar-refractivity contribution in [2.45, 2.75) is 26.4 Å². The Kier molecular flexibility index (Phi) is 6.23. The minimum Gasteiger partial charge on any atom is -0.480 e. The molecule has 0 spiro atoms. The lowest BCUT2D eigenvalue weighted by atomic mass is 10.4. The summed E-state index contributed by atoms with van der Waals surface area (Å²) in [6, 6.07) is 0. The molecule has 1 heterocycles. The minimum absolute atomic E-state index is 0.0532. The molecule has 0 saturated heterocycles. The van der Waals surface area contributed by atoms with Crippen molar-refractivity contribution in [3.63, 3.8) is 0 Å². The molecule has 0 fully saturated rings. The third-order valence-corrected chi connectivity index (χ3v) is 2.38. The van der Waals surface area contributed by atoms with Crippen molar-refractivity contribution >= 4 is 5.97 Å². The maximum atomic E-state index is 10.8. The standard InChI is InChI=1S/C10H19N5O3/c1-3-4-15-9(11-12-13-15)7-14(5-6-18-2)8-10(16)17/h3-8H2,1-2H3,(H,16,17). The highest BCUT2D eigenvalue weighted by molar-refractivity contribution is 5.69. The average molecular weight is 257 g/mol. The number of ether oxygens (including phenoxy) is 1. The van der Waals surface area contributed by atoms with E-state index in [4.69, 9.17) is 9.84 Å². The highest BCUT2D eigenvalue weighted by Crippen LogP contribution is 2.01. The number of carboxylic acid groups (broad SMARTS) is 1. The smallest absolute Gasteiger partial charge is 0.317 e. The predicted molar refractivity (Wildman–Crippen MR) is 62.9 cm³/mol. The summed E-state index contributed by atoms with van der Waals surface area (Å²) in [5.41, 5.74) is 0. The number of carbonyl (C=O) groups is 1. The van der Waals surface area contributed by atoms with E-state index >= 15 is 0 Å². The van der Waals surface area contributed by atoms with Gasteiger partial charge >= 0.3 is 5.97 Å². The Morgan fingerprint density at radius 1 is 1.56 bits per heavy atom.